The summed E-state index contributed by atoms with van der Waals surface area (Å²) in [4.78, 5) is 27.0. The van der Waals surface area contributed by atoms with E-state index in [9.17, 15) is 57.9 Å². The average Bonchev–Trinajstić information content (AvgIpc) is 3.04. The molecule has 0 aliphatic carbocycles. The summed E-state index contributed by atoms with van der Waals surface area (Å²) < 4.78 is 147. The van der Waals surface area contributed by atoms with Gasteiger partial charge in [0.2, 0.25) is 11.6 Å². The number of benzene rings is 1. The highest BCUT2D eigenvalue weighted by atomic mass is 19.4. The van der Waals surface area contributed by atoms with Crippen molar-refractivity contribution in [2.45, 2.75) is 12.6 Å². The predicted octanol–water partition coefficient (Wildman–Crippen LogP) is 4.58. The number of H-pyrrole nitrogens is 1. The van der Waals surface area contributed by atoms with E-state index in [0.29, 0.717) is 0 Å². The monoisotopic (exact) mass is 491 g/mol. The average molecular weight is 491 g/mol. The molecule has 5 nitrogen and oxygen atoms in total. The van der Waals surface area contributed by atoms with Crippen LogP contribution in [0.25, 0.3) is 5.69 Å². The Morgan fingerprint density at radius 3 is 1.97 bits per heavy atom. The van der Waals surface area contributed by atoms with Crippen molar-refractivity contribution in [1.82, 2.24) is 14.8 Å². The van der Waals surface area contributed by atoms with E-state index in [1.807, 2.05) is 4.98 Å². The summed E-state index contributed by atoms with van der Waals surface area (Å²) in [5.74, 6) is -15.7. The van der Waals surface area contributed by atoms with Crippen LogP contribution >= 0.6 is 0 Å². The first kappa shape index (κ1) is 23.9. The van der Waals surface area contributed by atoms with Crippen molar-refractivity contribution in [2.24, 2.45) is 0 Å². The Morgan fingerprint density at radius 1 is 0.939 bits per heavy atom. The Hall–Kier alpha value is -3.72. The minimum atomic E-state index is -5.73. The number of carbonyl (C=O) groups excluding carboxylic acids is 1. The van der Waals surface area contributed by atoms with E-state index in [-0.39, 0.29) is 12.1 Å². The predicted molar refractivity (Wildman–Crippen MR) is 83.8 cm³/mol. The zero-order valence-electron chi connectivity index (χ0n) is 15.1. The molecule has 1 aromatic carbocycles. The number of carbonyl (C=O) groups is 1. The molecule has 0 aliphatic rings. The van der Waals surface area contributed by atoms with Crippen molar-refractivity contribution >= 4 is 5.78 Å². The number of aromatic nitrogens is 3. The van der Waals surface area contributed by atoms with E-state index in [1.54, 1.807) is 0 Å². The van der Waals surface area contributed by atoms with Gasteiger partial charge in [0.05, 0.1) is 0 Å². The van der Waals surface area contributed by atoms with Crippen LogP contribution in [0.5, 0.6) is 0 Å². The van der Waals surface area contributed by atoms with Crippen LogP contribution in [0.3, 0.4) is 0 Å². The lowest BCUT2D eigenvalue weighted by Gasteiger charge is -2.12. The molecule has 0 unspecified atom stereocenters. The van der Waals surface area contributed by atoms with Gasteiger partial charge in [-0.2, -0.15) is 22.0 Å². The minimum absolute atomic E-state index is 0.00179. The molecule has 0 amide bonds. The lowest BCUT2D eigenvalue weighted by molar-refractivity contribution is -0.144. The zero-order chi connectivity index (χ0) is 25.0. The van der Waals surface area contributed by atoms with Crippen LogP contribution in [0.1, 0.15) is 33.7 Å². The number of nitrogens with one attached hydrogen (secondary N) is 1. The van der Waals surface area contributed by atoms with Gasteiger partial charge in [0.15, 0.2) is 29.0 Å². The molecule has 0 saturated heterocycles. The first-order valence-corrected chi connectivity index (χ1v) is 8.11. The van der Waals surface area contributed by atoms with Gasteiger partial charge in [-0.1, -0.05) is 0 Å². The second kappa shape index (κ2) is 8.00. The van der Waals surface area contributed by atoms with Crippen LogP contribution in [0.15, 0.2) is 16.9 Å². The summed E-state index contributed by atoms with van der Waals surface area (Å²) in [5.41, 5.74) is -11.7. The fourth-order valence-corrected chi connectivity index (χ4v) is 2.71. The van der Waals surface area contributed by atoms with E-state index < -0.39 is 91.9 Å². The van der Waals surface area contributed by atoms with Gasteiger partial charge >= 0.3 is 6.18 Å². The summed E-state index contributed by atoms with van der Waals surface area (Å²) in [5, 5.41) is 1.27. The van der Waals surface area contributed by atoms with Crippen molar-refractivity contribution in [1.29, 1.82) is 0 Å². The van der Waals surface area contributed by atoms with Crippen LogP contribution in [0.2, 0.25) is 0 Å². The molecule has 0 fully saturated rings. The second-order valence-corrected chi connectivity index (χ2v) is 6.15. The molecule has 0 saturated carbocycles. The number of hydrogen-bond donors (Lipinski definition) is 1. The molecule has 0 aliphatic heterocycles. The Labute approximate surface area is 173 Å². The number of pyridine rings is 1. The van der Waals surface area contributed by atoms with Crippen molar-refractivity contribution in [2.75, 3.05) is 0 Å². The van der Waals surface area contributed by atoms with Crippen LogP contribution in [-0.4, -0.2) is 20.5 Å². The van der Waals surface area contributed by atoms with Gasteiger partial charge in [-0.15, -0.1) is 0 Å². The van der Waals surface area contributed by atoms with Gasteiger partial charge in [-0.25, -0.2) is 36.0 Å². The summed E-state index contributed by atoms with van der Waals surface area (Å²) in [6, 6.07) is 0.00358. The summed E-state index contributed by atoms with van der Waals surface area (Å²) in [6.07, 6.45) is -9.57. The van der Waals surface area contributed by atoms with E-state index in [1.165, 1.54) is 5.10 Å². The third-order valence-corrected chi connectivity index (χ3v) is 4.12. The second-order valence-electron chi connectivity index (χ2n) is 6.15. The van der Waals surface area contributed by atoms with E-state index >= 15 is 0 Å². The Kier molecular flexibility index (Phi) is 5.80. The Morgan fingerprint density at radius 2 is 1.48 bits per heavy atom. The highest BCUT2D eigenvalue weighted by Gasteiger charge is 2.41. The maximum atomic E-state index is 14.3. The molecular formula is C17H4F11N3O2. The fraction of sp³-hybridized carbons (Fsp3) is 0.118. The van der Waals surface area contributed by atoms with Gasteiger partial charge < -0.3 is 0 Å². The van der Waals surface area contributed by atoms with Crippen molar-refractivity contribution in [3.05, 3.63) is 80.0 Å². The third-order valence-electron chi connectivity index (χ3n) is 4.12. The molecule has 3 rings (SSSR count). The van der Waals surface area contributed by atoms with Crippen LogP contribution in [0.4, 0.5) is 48.3 Å². The first-order valence-electron chi connectivity index (χ1n) is 8.11. The van der Waals surface area contributed by atoms with Crippen LogP contribution in [-0.2, 0) is 6.18 Å². The first-order chi connectivity index (χ1) is 15.2. The normalized spacial score (nSPS) is 12.0. The highest BCUT2D eigenvalue weighted by Crippen LogP contribution is 2.34. The summed E-state index contributed by atoms with van der Waals surface area (Å²) >= 11 is 0. The molecule has 2 aromatic heterocycles. The number of alkyl halides is 5. The van der Waals surface area contributed by atoms with Gasteiger partial charge in [-0.05, 0) is 12.1 Å². The topological polar surface area (TPSA) is 67.8 Å². The minimum Gasteiger partial charge on any atom is -0.288 e. The smallest absolute Gasteiger partial charge is 0.288 e. The molecule has 0 spiro atoms. The van der Waals surface area contributed by atoms with E-state index in [0.717, 1.165) is 0 Å². The van der Waals surface area contributed by atoms with E-state index in [2.05, 4.69) is 0 Å². The largest absolute Gasteiger partial charge is 0.436 e. The fourth-order valence-electron chi connectivity index (χ4n) is 2.71. The number of ketones is 1. The molecule has 3 aromatic rings. The number of nitrogens with zero attached hydrogens (tertiary/aromatic N) is 2. The lowest BCUT2D eigenvalue weighted by atomic mass is 10.0. The van der Waals surface area contributed by atoms with Gasteiger partial charge in [-0.3, -0.25) is 14.7 Å². The molecular weight excluding hydrogens is 487 g/mol. The Bertz CT molecular complexity index is 1320. The number of aromatic amines is 1. The quantitative estimate of drug-likeness (QED) is 0.252. The standard InChI is InChI=1S/C17H4F11N3O2/c18-4-1-3(2-5(19)7(4)20)12(32)6-10(14(23)24)30-31(16(6)33)11-8(21)13(17(26,27)28)29-15(25)9(11)22/h1-2,14,30H. The summed E-state index contributed by atoms with van der Waals surface area (Å²) in [6.45, 7) is 0. The maximum absolute atomic E-state index is 14.3. The molecule has 0 bridgehead atoms. The third kappa shape index (κ3) is 3.95. The SMILES string of the molecule is O=C(c1cc(F)c(F)c(F)c1)c1c(C(F)F)[nH]n(-c2c(F)c(F)nc(C(F)(F)F)c2F)c1=O. The lowest BCUT2D eigenvalue weighted by Crippen LogP contribution is -2.25. The van der Waals surface area contributed by atoms with Crippen molar-refractivity contribution in [3.63, 3.8) is 0 Å². The van der Waals surface area contributed by atoms with Gasteiger partial charge in [0.25, 0.3) is 17.9 Å². The number of rotatable bonds is 4. The molecule has 1 N–H and O–H groups in total. The maximum Gasteiger partial charge on any atom is 0.436 e. The highest BCUT2D eigenvalue weighted by molar-refractivity contribution is 6.09. The molecule has 16 heteroatoms. The molecule has 2 heterocycles. The molecule has 33 heavy (non-hydrogen) atoms. The van der Waals surface area contributed by atoms with Gasteiger partial charge in [0.1, 0.15) is 16.9 Å². The van der Waals surface area contributed by atoms with Crippen LogP contribution < -0.4 is 5.56 Å². The molecule has 0 atom stereocenters. The van der Waals surface area contributed by atoms with Crippen molar-refractivity contribution in [3.8, 4) is 5.69 Å². The zero-order valence-corrected chi connectivity index (χ0v) is 15.1. The summed E-state index contributed by atoms with van der Waals surface area (Å²) in [7, 11) is 0. The Balaban J connectivity index is 2.34. The molecule has 0 radical (unpaired) electrons. The number of hydrogen-bond acceptors (Lipinski definition) is 3. The molecule has 176 valence electrons. The van der Waals surface area contributed by atoms with Crippen LogP contribution in [0, 0.1) is 35.0 Å². The number of halogens is 11. The van der Waals surface area contributed by atoms with E-state index in [4.69, 9.17) is 0 Å². The van der Waals surface area contributed by atoms with Gasteiger partial charge in [0, 0.05) is 5.56 Å². The van der Waals surface area contributed by atoms with Crippen molar-refractivity contribution < 1.29 is 53.1 Å².